The average Bonchev–Trinajstić information content (AvgIpc) is 2.32. The van der Waals surface area contributed by atoms with Crippen LogP contribution in [-0.2, 0) is 0 Å². The maximum atomic E-state index is 8.11. The van der Waals surface area contributed by atoms with Crippen molar-refractivity contribution in [2.75, 3.05) is 19.6 Å². The van der Waals surface area contributed by atoms with Crippen molar-refractivity contribution < 1.29 is 0 Å². The maximum absolute atomic E-state index is 8.11. The molecule has 0 N–H and O–H groups in total. The average molecular weight is 168 g/mol. The molecule has 0 atom stereocenters. The highest BCUT2D eigenvalue weighted by Gasteiger charge is 2.30. The van der Waals surface area contributed by atoms with Gasteiger partial charge in [-0.05, 0) is 38.8 Å². The molecule has 0 amide bonds. The largest absolute Gasteiger partial charge is 0.298 e. The quantitative estimate of drug-likeness (QED) is 0.362. The molecule has 4 nitrogen and oxygen atoms in total. The van der Waals surface area contributed by atoms with Gasteiger partial charge in [0.15, 0.2) is 0 Å². The molecule has 0 aromatic rings. The van der Waals surface area contributed by atoms with Crippen molar-refractivity contribution in [2.24, 2.45) is 5.11 Å². The van der Waals surface area contributed by atoms with E-state index < -0.39 is 0 Å². The molecule has 0 radical (unpaired) electrons. The Morgan fingerprint density at radius 3 is 2.83 bits per heavy atom. The Bertz CT molecular complexity index is 193. The van der Waals surface area contributed by atoms with Crippen LogP contribution in [0.4, 0.5) is 0 Å². The third kappa shape index (κ3) is 2.13. The maximum Gasteiger partial charge on any atom is 0.0385 e. The van der Waals surface area contributed by atoms with Gasteiger partial charge in [-0.1, -0.05) is 5.11 Å². The molecule has 0 unspecified atom stereocenters. The summed E-state index contributed by atoms with van der Waals surface area (Å²) >= 11 is 0. The normalized spacial score (nSPS) is 22.2. The van der Waals surface area contributed by atoms with E-state index in [0.29, 0.717) is 12.1 Å². The van der Waals surface area contributed by atoms with E-state index in [1.54, 1.807) is 0 Å². The minimum atomic E-state index is 0.310. The number of likely N-dealkylation sites (tertiary alicyclic amines) is 1. The summed E-state index contributed by atoms with van der Waals surface area (Å²) in [5, 5.41) is 3.54. The summed E-state index contributed by atoms with van der Waals surface area (Å²) in [5.41, 5.74) is 8.42. The van der Waals surface area contributed by atoms with Crippen LogP contribution in [0.3, 0.4) is 0 Å². The van der Waals surface area contributed by atoms with Crippen LogP contribution in [0, 0.1) is 0 Å². The van der Waals surface area contributed by atoms with Crippen molar-refractivity contribution in [3.63, 3.8) is 0 Å². The van der Waals surface area contributed by atoms with E-state index in [2.05, 4.69) is 28.8 Å². The highest BCUT2D eigenvalue weighted by atomic mass is 15.2. The third-order valence-corrected chi connectivity index (χ3v) is 2.61. The first-order valence-electron chi connectivity index (χ1n) is 4.43. The predicted octanol–water partition coefficient (Wildman–Crippen LogP) is 2.17. The minimum absolute atomic E-state index is 0.310. The van der Waals surface area contributed by atoms with Gasteiger partial charge in [-0.3, -0.25) is 4.90 Å². The molecule has 0 bridgehead atoms. The molecule has 1 rings (SSSR count). The van der Waals surface area contributed by atoms with Crippen molar-refractivity contribution in [1.82, 2.24) is 4.90 Å². The van der Waals surface area contributed by atoms with E-state index in [0.717, 1.165) is 13.1 Å². The predicted molar refractivity (Wildman–Crippen MR) is 48.9 cm³/mol. The zero-order valence-corrected chi connectivity index (χ0v) is 7.82. The van der Waals surface area contributed by atoms with Crippen LogP contribution in [0.25, 0.3) is 10.4 Å². The van der Waals surface area contributed by atoms with Gasteiger partial charge in [-0.25, -0.2) is 0 Å². The van der Waals surface area contributed by atoms with Gasteiger partial charge in [-0.15, -0.1) is 0 Å². The van der Waals surface area contributed by atoms with Gasteiger partial charge in [0.2, 0.25) is 0 Å². The molecule has 68 valence electrons. The number of azide groups is 1. The Hall–Kier alpha value is -0.730. The summed E-state index contributed by atoms with van der Waals surface area (Å²) in [6.07, 6.45) is 2.52. The first-order chi connectivity index (χ1) is 5.67. The summed E-state index contributed by atoms with van der Waals surface area (Å²) in [6.45, 7) is 7.14. The van der Waals surface area contributed by atoms with E-state index in [9.17, 15) is 0 Å². The van der Waals surface area contributed by atoms with Crippen LogP contribution in [0.2, 0.25) is 0 Å². The highest BCUT2D eigenvalue weighted by Crippen LogP contribution is 2.27. The standard InChI is InChI=1S/C8H16N4/c1-8(2)4-3-6-12(8)7-5-10-11-9/h3-7H2,1-2H3. The van der Waals surface area contributed by atoms with Crippen molar-refractivity contribution in [1.29, 1.82) is 0 Å². The van der Waals surface area contributed by atoms with Crippen LogP contribution in [0.1, 0.15) is 26.7 Å². The fourth-order valence-corrected chi connectivity index (χ4v) is 1.79. The van der Waals surface area contributed by atoms with Crippen molar-refractivity contribution in [3.8, 4) is 0 Å². The SMILES string of the molecule is CC1(C)CCCN1CCN=[N+]=[N-]. The van der Waals surface area contributed by atoms with Gasteiger partial charge < -0.3 is 0 Å². The zero-order valence-electron chi connectivity index (χ0n) is 7.82. The van der Waals surface area contributed by atoms with Gasteiger partial charge >= 0.3 is 0 Å². The molecule has 0 spiro atoms. The van der Waals surface area contributed by atoms with Crippen LogP contribution in [0.5, 0.6) is 0 Å². The molecule has 1 saturated heterocycles. The van der Waals surface area contributed by atoms with Crippen molar-refractivity contribution in [3.05, 3.63) is 10.4 Å². The number of rotatable bonds is 3. The van der Waals surface area contributed by atoms with Gasteiger partial charge in [0.05, 0.1) is 0 Å². The summed E-state index contributed by atoms with van der Waals surface area (Å²) in [7, 11) is 0. The molecule has 0 aromatic heterocycles. The molecule has 4 heteroatoms. The first-order valence-corrected chi connectivity index (χ1v) is 4.43. The van der Waals surface area contributed by atoms with E-state index >= 15 is 0 Å². The van der Waals surface area contributed by atoms with E-state index in [4.69, 9.17) is 5.53 Å². The van der Waals surface area contributed by atoms with Crippen molar-refractivity contribution >= 4 is 0 Å². The summed E-state index contributed by atoms with van der Waals surface area (Å²) < 4.78 is 0. The smallest absolute Gasteiger partial charge is 0.0385 e. The number of hydrogen-bond acceptors (Lipinski definition) is 2. The third-order valence-electron chi connectivity index (χ3n) is 2.61. The van der Waals surface area contributed by atoms with Gasteiger partial charge in [0, 0.05) is 23.5 Å². The second-order valence-corrected chi connectivity index (χ2v) is 3.86. The highest BCUT2D eigenvalue weighted by molar-refractivity contribution is 4.87. The van der Waals surface area contributed by atoms with Gasteiger partial charge in [0.25, 0.3) is 0 Å². The Kier molecular flexibility index (Phi) is 2.95. The molecular formula is C8H16N4. The molecule has 0 aromatic carbocycles. The molecule has 0 aliphatic carbocycles. The second-order valence-electron chi connectivity index (χ2n) is 3.86. The number of hydrogen-bond donors (Lipinski definition) is 0. The van der Waals surface area contributed by atoms with Gasteiger partial charge in [-0.2, -0.15) is 0 Å². The Balaban J connectivity index is 2.36. The Morgan fingerprint density at radius 1 is 1.58 bits per heavy atom. The lowest BCUT2D eigenvalue weighted by atomic mass is 10.0. The molecule has 1 fully saturated rings. The Labute approximate surface area is 73.2 Å². The Morgan fingerprint density at radius 2 is 2.33 bits per heavy atom. The fraction of sp³-hybridized carbons (Fsp3) is 1.00. The molecule has 0 saturated carbocycles. The van der Waals surface area contributed by atoms with E-state index in [-0.39, 0.29) is 0 Å². The van der Waals surface area contributed by atoms with Crippen LogP contribution in [0.15, 0.2) is 5.11 Å². The lowest BCUT2D eigenvalue weighted by Crippen LogP contribution is -2.39. The van der Waals surface area contributed by atoms with Gasteiger partial charge in [0.1, 0.15) is 0 Å². The van der Waals surface area contributed by atoms with E-state index in [1.165, 1.54) is 12.8 Å². The van der Waals surface area contributed by atoms with Crippen LogP contribution >= 0.6 is 0 Å². The molecule has 1 heterocycles. The number of nitrogens with zero attached hydrogens (tertiary/aromatic N) is 4. The molecule has 1 aliphatic rings. The van der Waals surface area contributed by atoms with Crippen LogP contribution < -0.4 is 0 Å². The first kappa shape index (κ1) is 9.36. The summed E-state index contributed by atoms with van der Waals surface area (Å²) in [6, 6.07) is 0. The zero-order chi connectivity index (χ0) is 9.03. The monoisotopic (exact) mass is 168 g/mol. The van der Waals surface area contributed by atoms with Crippen molar-refractivity contribution in [2.45, 2.75) is 32.2 Å². The molecular weight excluding hydrogens is 152 g/mol. The van der Waals surface area contributed by atoms with Crippen LogP contribution in [-0.4, -0.2) is 30.1 Å². The lowest BCUT2D eigenvalue weighted by Gasteiger charge is -2.30. The lowest BCUT2D eigenvalue weighted by molar-refractivity contribution is 0.180. The molecule has 12 heavy (non-hydrogen) atoms. The fourth-order valence-electron chi connectivity index (χ4n) is 1.79. The minimum Gasteiger partial charge on any atom is -0.298 e. The topological polar surface area (TPSA) is 52.0 Å². The second kappa shape index (κ2) is 3.78. The van der Waals surface area contributed by atoms with E-state index in [1.807, 2.05) is 0 Å². The molecule has 1 aliphatic heterocycles. The summed E-state index contributed by atoms with van der Waals surface area (Å²) in [5.74, 6) is 0. The summed E-state index contributed by atoms with van der Waals surface area (Å²) in [4.78, 5) is 5.13.